The third-order valence-corrected chi connectivity index (χ3v) is 7.25. The molecular weight excluding hydrogens is 508 g/mol. The van der Waals surface area contributed by atoms with E-state index in [4.69, 9.17) is 14.2 Å². The van der Waals surface area contributed by atoms with Crippen LogP contribution in [0.25, 0.3) is 5.76 Å². The maximum atomic E-state index is 13.5. The Morgan fingerprint density at radius 2 is 1.90 bits per heavy atom. The molecule has 1 amide bonds. The quantitative estimate of drug-likeness (QED) is 0.221. The minimum atomic E-state index is -0.755. The molecule has 0 aromatic heterocycles. The summed E-state index contributed by atoms with van der Waals surface area (Å²) in [6.07, 6.45) is 2.35. The lowest BCUT2D eigenvalue weighted by atomic mass is 9.94. The normalized spacial score (nSPS) is 19.9. The highest BCUT2D eigenvalue weighted by Crippen LogP contribution is 2.43. The van der Waals surface area contributed by atoms with Crippen molar-refractivity contribution in [3.63, 3.8) is 0 Å². The first-order valence-corrected chi connectivity index (χ1v) is 14.2. The summed E-state index contributed by atoms with van der Waals surface area (Å²) in [7, 11) is 3.94. The number of amides is 1. The van der Waals surface area contributed by atoms with Crippen LogP contribution >= 0.6 is 0 Å². The van der Waals surface area contributed by atoms with Gasteiger partial charge in [-0.3, -0.25) is 9.59 Å². The summed E-state index contributed by atoms with van der Waals surface area (Å²) in [6.45, 7) is 10.3. The SMILES string of the molecule is CCOc1cc([C@@H]2C(=C(O)c3ccc4c(c3)C[C@@H](C)O4)C(=O)C(=O)N2CCCN(C)C)ccc1OCCC(C)C. The van der Waals surface area contributed by atoms with Gasteiger partial charge in [0.1, 0.15) is 17.6 Å². The average Bonchev–Trinajstić information content (AvgIpc) is 3.39. The van der Waals surface area contributed by atoms with E-state index >= 15 is 0 Å². The van der Waals surface area contributed by atoms with Gasteiger partial charge in [-0.25, -0.2) is 0 Å². The van der Waals surface area contributed by atoms with E-state index in [-0.39, 0.29) is 17.4 Å². The summed E-state index contributed by atoms with van der Waals surface area (Å²) in [5.41, 5.74) is 2.22. The van der Waals surface area contributed by atoms with E-state index in [1.807, 2.05) is 63.2 Å². The maximum Gasteiger partial charge on any atom is 0.295 e. The summed E-state index contributed by atoms with van der Waals surface area (Å²) >= 11 is 0. The van der Waals surface area contributed by atoms with Crippen LogP contribution in [-0.4, -0.2) is 73.1 Å². The van der Waals surface area contributed by atoms with Gasteiger partial charge in [-0.1, -0.05) is 19.9 Å². The molecule has 2 aromatic carbocycles. The molecule has 0 spiro atoms. The van der Waals surface area contributed by atoms with Crippen LogP contribution in [0.4, 0.5) is 0 Å². The molecule has 0 radical (unpaired) electrons. The van der Waals surface area contributed by atoms with E-state index in [1.165, 1.54) is 0 Å². The standard InChI is InChI=1S/C32H42N2O6/c1-7-38-27-19-22(9-12-26(27)39-16-13-20(2)3)29-28(31(36)32(37)34(29)15-8-14-33(5)6)30(35)23-10-11-25-24(18-23)17-21(4)40-25/h9-12,18-21,29,35H,7-8,13-17H2,1-6H3/t21-,29-/m1/s1. The van der Waals surface area contributed by atoms with Gasteiger partial charge in [0.05, 0.1) is 24.8 Å². The summed E-state index contributed by atoms with van der Waals surface area (Å²) in [4.78, 5) is 30.5. The fraction of sp³-hybridized carbons (Fsp3) is 0.500. The van der Waals surface area contributed by atoms with Crippen molar-refractivity contribution in [3.05, 3.63) is 58.7 Å². The first kappa shape index (κ1) is 29.5. The highest BCUT2D eigenvalue weighted by molar-refractivity contribution is 6.46. The Bertz CT molecular complexity index is 1270. The number of hydrogen-bond acceptors (Lipinski definition) is 7. The van der Waals surface area contributed by atoms with Crippen molar-refractivity contribution < 1.29 is 28.9 Å². The highest BCUT2D eigenvalue weighted by atomic mass is 16.5. The van der Waals surface area contributed by atoms with Crippen LogP contribution in [0.5, 0.6) is 17.2 Å². The number of ketones is 1. The Labute approximate surface area is 237 Å². The van der Waals surface area contributed by atoms with Crippen LogP contribution in [0.1, 0.15) is 63.3 Å². The van der Waals surface area contributed by atoms with E-state index in [0.717, 1.165) is 30.7 Å². The topological polar surface area (TPSA) is 88.5 Å². The summed E-state index contributed by atoms with van der Waals surface area (Å²) in [5, 5.41) is 11.5. The molecule has 1 saturated heterocycles. The lowest BCUT2D eigenvalue weighted by Gasteiger charge is -2.26. The minimum absolute atomic E-state index is 0.0490. The second kappa shape index (κ2) is 12.8. The van der Waals surface area contributed by atoms with E-state index in [2.05, 4.69) is 13.8 Å². The lowest BCUT2D eigenvalue weighted by Crippen LogP contribution is -2.32. The summed E-state index contributed by atoms with van der Waals surface area (Å²) in [6, 6.07) is 10.2. The second-order valence-corrected chi connectivity index (χ2v) is 11.3. The smallest absolute Gasteiger partial charge is 0.295 e. The van der Waals surface area contributed by atoms with Gasteiger partial charge >= 0.3 is 0 Å². The molecule has 216 valence electrons. The molecule has 2 aromatic rings. The highest BCUT2D eigenvalue weighted by Gasteiger charge is 2.46. The summed E-state index contributed by atoms with van der Waals surface area (Å²) in [5.74, 6) is 0.960. The van der Waals surface area contributed by atoms with Gasteiger partial charge in [-0.15, -0.1) is 0 Å². The van der Waals surface area contributed by atoms with Crippen molar-refractivity contribution >= 4 is 17.4 Å². The van der Waals surface area contributed by atoms with Crippen LogP contribution in [0.3, 0.4) is 0 Å². The predicted molar refractivity (Wildman–Crippen MR) is 155 cm³/mol. The minimum Gasteiger partial charge on any atom is -0.507 e. The number of aliphatic hydroxyl groups excluding tert-OH is 1. The Kier molecular flexibility index (Phi) is 9.40. The molecule has 2 aliphatic rings. The van der Waals surface area contributed by atoms with Gasteiger partial charge in [0.2, 0.25) is 0 Å². The number of fused-ring (bicyclic) bond motifs is 1. The second-order valence-electron chi connectivity index (χ2n) is 11.3. The Morgan fingerprint density at radius 1 is 1.12 bits per heavy atom. The number of nitrogens with zero attached hydrogens (tertiary/aromatic N) is 2. The van der Waals surface area contributed by atoms with Crippen molar-refractivity contribution in [2.45, 2.75) is 59.1 Å². The van der Waals surface area contributed by atoms with E-state index in [9.17, 15) is 14.7 Å². The molecule has 2 aliphatic heterocycles. The molecule has 40 heavy (non-hydrogen) atoms. The van der Waals surface area contributed by atoms with Crippen molar-refractivity contribution in [1.82, 2.24) is 9.80 Å². The number of carbonyl (C=O) groups is 2. The molecule has 8 nitrogen and oxygen atoms in total. The van der Waals surface area contributed by atoms with Crippen LogP contribution in [0.15, 0.2) is 42.0 Å². The fourth-order valence-corrected chi connectivity index (χ4v) is 5.23. The number of rotatable bonds is 12. The first-order valence-electron chi connectivity index (χ1n) is 14.2. The van der Waals surface area contributed by atoms with Crippen LogP contribution in [0.2, 0.25) is 0 Å². The van der Waals surface area contributed by atoms with Crippen LogP contribution in [-0.2, 0) is 16.0 Å². The molecule has 8 heteroatoms. The predicted octanol–water partition coefficient (Wildman–Crippen LogP) is 5.21. The fourth-order valence-electron chi connectivity index (χ4n) is 5.23. The Hall–Kier alpha value is -3.52. The van der Waals surface area contributed by atoms with Gasteiger partial charge in [0, 0.05) is 18.5 Å². The average molecular weight is 551 g/mol. The zero-order valence-corrected chi connectivity index (χ0v) is 24.5. The largest absolute Gasteiger partial charge is 0.507 e. The van der Waals surface area contributed by atoms with Gasteiger partial charge in [-0.05, 0) is 94.7 Å². The third kappa shape index (κ3) is 6.44. The molecule has 2 atom stereocenters. The number of hydrogen-bond donors (Lipinski definition) is 1. The third-order valence-electron chi connectivity index (χ3n) is 7.25. The maximum absolute atomic E-state index is 13.5. The number of aliphatic hydroxyl groups is 1. The number of carbonyl (C=O) groups excluding carboxylic acids is 2. The number of ether oxygens (including phenoxy) is 3. The van der Waals surface area contributed by atoms with Crippen molar-refractivity contribution in [3.8, 4) is 17.2 Å². The van der Waals surface area contributed by atoms with Crippen molar-refractivity contribution in [1.29, 1.82) is 0 Å². The first-order chi connectivity index (χ1) is 19.1. The monoisotopic (exact) mass is 550 g/mol. The van der Waals surface area contributed by atoms with Crippen LogP contribution < -0.4 is 14.2 Å². The van der Waals surface area contributed by atoms with Gasteiger partial charge < -0.3 is 29.1 Å². The zero-order valence-electron chi connectivity index (χ0n) is 24.5. The van der Waals surface area contributed by atoms with Crippen molar-refractivity contribution in [2.24, 2.45) is 5.92 Å². The molecule has 0 saturated carbocycles. The lowest BCUT2D eigenvalue weighted by molar-refractivity contribution is -0.139. The van der Waals surface area contributed by atoms with E-state index in [0.29, 0.717) is 54.7 Å². The molecule has 2 heterocycles. The Balaban J connectivity index is 1.77. The van der Waals surface area contributed by atoms with Gasteiger partial charge in [0.15, 0.2) is 11.5 Å². The molecule has 1 fully saturated rings. The molecule has 0 aliphatic carbocycles. The number of Topliss-reactive ketones (excluding diaryl/α,β-unsaturated/α-hetero) is 1. The van der Waals surface area contributed by atoms with Crippen LogP contribution in [0, 0.1) is 5.92 Å². The summed E-state index contributed by atoms with van der Waals surface area (Å²) < 4.78 is 17.8. The molecule has 4 rings (SSSR count). The molecule has 1 N–H and O–H groups in total. The number of benzene rings is 2. The van der Waals surface area contributed by atoms with Gasteiger partial charge in [-0.2, -0.15) is 0 Å². The number of likely N-dealkylation sites (tertiary alicyclic amines) is 1. The van der Waals surface area contributed by atoms with E-state index in [1.54, 1.807) is 11.0 Å². The molecule has 0 unspecified atom stereocenters. The van der Waals surface area contributed by atoms with Crippen molar-refractivity contribution in [2.75, 3.05) is 40.4 Å². The van der Waals surface area contributed by atoms with Gasteiger partial charge in [0.25, 0.3) is 11.7 Å². The Morgan fingerprint density at radius 3 is 2.60 bits per heavy atom. The zero-order chi connectivity index (χ0) is 29.0. The molecule has 0 bridgehead atoms. The molecular formula is C32H42N2O6. The van der Waals surface area contributed by atoms with E-state index < -0.39 is 17.7 Å².